The number of hydrogen-bond acceptors (Lipinski definition) is 4. The smallest absolute Gasteiger partial charge is 0.317 e. The van der Waals surface area contributed by atoms with E-state index in [-0.39, 0.29) is 12.1 Å². The number of carbonyl (C=O) groups is 1. The van der Waals surface area contributed by atoms with Crippen LogP contribution in [0.1, 0.15) is 55.8 Å². The van der Waals surface area contributed by atoms with Gasteiger partial charge in [-0.05, 0) is 36.6 Å². The summed E-state index contributed by atoms with van der Waals surface area (Å²) >= 11 is 1.71. The Kier molecular flexibility index (Phi) is 5.50. The van der Waals surface area contributed by atoms with Crippen LogP contribution in [0.3, 0.4) is 0 Å². The summed E-state index contributed by atoms with van der Waals surface area (Å²) in [7, 11) is 0. The zero-order valence-corrected chi connectivity index (χ0v) is 15.1. The van der Waals surface area contributed by atoms with Gasteiger partial charge in [-0.15, -0.1) is 11.3 Å². The van der Waals surface area contributed by atoms with Gasteiger partial charge in [0.25, 0.3) is 0 Å². The van der Waals surface area contributed by atoms with Crippen molar-refractivity contribution in [2.75, 3.05) is 13.1 Å². The first kappa shape index (κ1) is 17.0. The Labute approximate surface area is 146 Å². The topological polar surface area (TPSA) is 73.9 Å². The Bertz CT molecular complexity index is 617. The van der Waals surface area contributed by atoms with E-state index in [1.165, 1.54) is 4.88 Å². The fraction of sp³-hybridized carbons (Fsp3) is 0.588. The molecule has 2 aromatic rings. The van der Waals surface area contributed by atoms with Crippen LogP contribution in [-0.2, 0) is 0 Å². The number of aromatic nitrogens is 3. The number of nitrogens with zero attached hydrogens (tertiary/aromatic N) is 3. The molecule has 0 saturated carbocycles. The van der Waals surface area contributed by atoms with Crippen molar-refractivity contribution in [2.45, 2.75) is 45.1 Å². The predicted octanol–water partition coefficient (Wildman–Crippen LogP) is 3.54. The number of piperidine rings is 1. The minimum absolute atomic E-state index is 0.0464. The van der Waals surface area contributed by atoms with Gasteiger partial charge in [-0.25, -0.2) is 9.78 Å². The zero-order valence-electron chi connectivity index (χ0n) is 14.2. The summed E-state index contributed by atoms with van der Waals surface area (Å²) < 4.78 is 0. The van der Waals surface area contributed by atoms with Crippen molar-refractivity contribution in [3.8, 4) is 0 Å². The zero-order chi connectivity index (χ0) is 16.9. The average molecular weight is 347 g/mol. The van der Waals surface area contributed by atoms with Crippen molar-refractivity contribution in [3.63, 3.8) is 0 Å². The maximum Gasteiger partial charge on any atom is 0.317 e. The average Bonchev–Trinajstić information content (AvgIpc) is 3.27. The maximum atomic E-state index is 12.7. The molecular formula is C17H25N5OS. The first-order chi connectivity index (χ1) is 11.6. The molecule has 0 aromatic carbocycles. The number of carbonyl (C=O) groups excluding carboxylic acids is 1. The second kappa shape index (κ2) is 7.79. The Morgan fingerprint density at radius 1 is 1.46 bits per heavy atom. The summed E-state index contributed by atoms with van der Waals surface area (Å²) in [5.74, 6) is 1.85. The van der Waals surface area contributed by atoms with Crippen LogP contribution in [-0.4, -0.2) is 39.2 Å². The molecule has 2 N–H and O–H groups in total. The standard InChI is InChI=1S/C17H25N5OS/c1-12(2)10-14(15-4-3-9-24-15)20-17(23)22-7-5-13(6-8-22)16-18-11-19-21-16/h3-4,9,11-14H,5-8,10H2,1-2H3,(H,20,23)(H,18,19,21). The first-order valence-electron chi connectivity index (χ1n) is 8.57. The Morgan fingerprint density at radius 3 is 2.83 bits per heavy atom. The summed E-state index contributed by atoms with van der Waals surface area (Å²) in [6.07, 6.45) is 4.36. The van der Waals surface area contributed by atoms with Gasteiger partial charge in [0.2, 0.25) is 0 Å². The molecule has 3 heterocycles. The molecule has 0 spiro atoms. The third-order valence-electron chi connectivity index (χ3n) is 4.49. The molecule has 2 aromatic heterocycles. The highest BCUT2D eigenvalue weighted by atomic mass is 32.1. The van der Waals surface area contributed by atoms with Gasteiger partial charge in [0, 0.05) is 23.9 Å². The summed E-state index contributed by atoms with van der Waals surface area (Å²) in [6.45, 7) is 5.90. The molecule has 6 nitrogen and oxygen atoms in total. The normalized spacial score (nSPS) is 17.2. The molecule has 2 amide bonds. The molecule has 1 atom stereocenters. The van der Waals surface area contributed by atoms with Gasteiger partial charge in [0.15, 0.2) is 0 Å². The second-order valence-corrected chi connectivity index (χ2v) is 7.76. The van der Waals surface area contributed by atoms with Crippen molar-refractivity contribution in [2.24, 2.45) is 5.92 Å². The largest absolute Gasteiger partial charge is 0.330 e. The highest BCUT2D eigenvalue weighted by molar-refractivity contribution is 7.10. The number of likely N-dealkylation sites (tertiary alicyclic amines) is 1. The lowest BCUT2D eigenvalue weighted by molar-refractivity contribution is 0.175. The molecule has 130 valence electrons. The molecule has 0 radical (unpaired) electrons. The maximum absolute atomic E-state index is 12.7. The molecule has 3 rings (SSSR count). The van der Waals surface area contributed by atoms with Crippen molar-refractivity contribution in [1.82, 2.24) is 25.4 Å². The number of aromatic amines is 1. The van der Waals surface area contributed by atoms with Gasteiger partial charge in [0.05, 0.1) is 6.04 Å². The fourth-order valence-corrected chi connectivity index (χ4v) is 4.01. The molecular weight excluding hydrogens is 322 g/mol. The van der Waals surface area contributed by atoms with E-state index in [1.807, 2.05) is 11.0 Å². The van der Waals surface area contributed by atoms with Crippen molar-refractivity contribution >= 4 is 17.4 Å². The summed E-state index contributed by atoms with van der Waals surface area (Å²) in [5, 5.41) is 12.2. The van der Waals surface area contributed by atoms with Crippen molar-refractivity contribution in [3.05, 3.63) is 34.5 Å². The third kappa shape index (κ3) is 4.14. The van der Waals surface area contributed by atoms with E-state index in [1.54, 1.807) is 17.7 Å². The third-order valence-corrected chi connectivity index (χ3v) is 5.48. The second-order valence-electron chi connectivity index (χ2n) is 6.78. The minimum Gasteiger partial charge on any atom is -0.330 e. The predicted molar refractivity (Wildman–Crippen MR) is 95.0 cm³/mol. The summed E-state index contributed by atoms with van der Waals surface area (Å²) in [6, 6.07) is 4.30. The van der Waals surface area contributed by atoms with Crippen LogP contribution in [0.2, 0.25) is 0 Å². The first-order valence-corrected chi connectivity index (χ1v) is 9.45. The summed E-state index contributed by atoms with van der Waals surface area (Å²) in [5.41, 5.74) is 0. The minimum atomic E-state index is 0.0464. The van der Waals surface area contributed by atoms with E-state index >= 15 is 0 Å². The molecule has 0 aliphatic carbocycles. The van der Waals surface area contributed by atoms with Gasteiger partial charge in [-0.1, -0.05) is 19.9 Å². The van der Waals surface area contributed by atoms with E-state index < -0.39 is 0 Å². The Hall–Kier alpha value is -1.89. The fourth-order valence-electron chi connectivity index (χ4n) is 3.22. The SMILES string of the molecule is CC(C)CC(NC(=O)N1CCC(c2ncn[nH]2)CC1)c1cccs1. The molecule has 0 bridgehead atoms. The Morgan fingerprint density at radius 2 is 2.25 bits per heavy atom. The number of thiophene rings is 1. The van der Waals surface area contributed by atoms with Gasteiger partial charge in [0.1, 0.15) is 12.2 Å². The quantitative estimate of drug-likeness (QED) is 0.869. The van der Waals surface area contributed by atoms with E-state index in [2.05, 4.69) is 45.8 Å². The van der Waals surface area contributed by atoms with E-state index in [9.17, 15) is 4.79 Å². The lowest BCUT2D eigenvalue weighted by atomic mass is 9.96. The van der Waals surface area contributed by atoms with Crippen LogP contribution in [0.25, 0.3) is 0 Å². The molecule has 1 fully saturated rings. The van der Waals surface area contributed by atoms with Gasteiger partial charge in [-0.2, -0.15) is 5.10 Å². The van der Waals surface area contributed by atoms with Crippen molar-refractivity contribution < 1.29 is 4.79 Å². The molecule has 24 heavy (non-hydrogen) atoms. The summed E-state index contributed by atoms with van der Waals surface area (Å²) in [4.78, 5) is 20.1. The van der Waals surface area contributed by atoms with Crippen LogP contribution < -0.4 is 5.32 Å². The van der Waals surface area contributed by atoms with Crippen LogP contribution >= 0.6 is 11.3 Å². The highest BCUT2D eigenvalue weighted by Gasteiger charge is 2.27. The number of hydrogen-bond donors (Lipinski definition) is 2. The van der Waals surface area contributed by atoms with Gasteiger partial charge < -0.3 is 10.2 Å². The van der Waals surface area contributed by atoms with E-state index in [4.69, 9.17) is 0 Å². The molecule has 1 aliphatic heterocycles. The number of amides is 2. The van der Waals surface area contributed by atoms with Crippen LogP contribution in [0.5, 0.6) is 0 Å². The van der Waals surface area contributed by atoms with Crippen LogP contribution in [0, 0.1) is 5.92 Å². The highest BCUT2D eigenvalue weighted by Crippen LogP contribution is 2.27. The lowest BCUT2D eigenvalue weighted by Crippen LogP contribution is -2.45. The number of H-pyrrole nitrogens is 1. The molecule has 7 heteroatoms. The van der Waals surface area contributed by atoms with Crippen LogP contribution in [0.15, 0.2) is 23.8 Å². The lowest BCUT2D eigenvalue weighted by Gasteiger charge is -2.32. The number of nitrogens with one attached hydrogen (secondary N) is 2. The van der Waals surface area contributed by atoms with Gasteiger partial charge >= 0.3 is 6.03 Å². The molecule has 1 aliphatic rings. The Balaban J connectivity index is 1.56. The van der Waals surface area contributed by atoms with Crippen molar-refractivity contribution in [1.29, 1.82) is 0 Å². The number of urea groups is 1. The van der Waals surface area contributed by atoms with Gasteiger partial charge in [-0.3, -0.25) is 5.10 Å². The van der Waals surface area contributed by atoms with E-state index in [0.717, 1.165) is 38.2 Å². The monoisotopic (exact) mass is 347 g/mol. The van der Waals surface area contributed by atoms with E-state index in [0.29, 0.717) is 11.8 Å². The van der Waals surface area contributed by atoms with Crippen LogP contribution in [0.4, 0.5) is 4.79 Å². The molecule has 1 unspecified atom stereocenters. The molecule has 1 saturated heterocycles. The number of rotatable bonds is 5.